The van der Waals surface area contributed by atoms with Crippen LogP contribution in [0.3, 0.4) is 0 Å². The number of hydrogen-bond donors (Lipinski definition) is 1. The molecule has 0 amide bonds. The van der Waals surface area contributed by atoms with Crippen molar-refractivity contribution >= 4 is 28.6 Å². The van der Waals surface area contributed by atoms with Gasteiger partial charge in [0.05, 0.1) is 13.1 Å². The van der Waals surface area contributed by atoms with Crippen molar-refractivity contribution in [3.8, 4) is 0 Å². The third-order valence-electron chi connectivity index (χ3n) is 2.74. The fraction of sp³-hybridized carbons (Fsp3) is 0.273. The molecule has 1 unspecified atom stereocenters. The normalized spacial score (nSPS) is 19.6. The van der Waals surface area contributed by atoms with E-state index in [0.29, 0.717) is 12.5 Å². The molecule has 0 aromatic carbocycles. The van der Waals surface area contributed by atoms with Crippen molar-refractivity contribution < 1.29 is 0 Å². The Bertz CT molecular complexity index is 504. The monoisotopic (exact) mass is 264 g/mol. The highest BCUT2D eigenvalue weighted by atomic mass is 32.1. The first-order valence-corrected chi connectivity index (χ1v) is 7.09. The number of aromatic nitrogens is 1. The van der Waals surface area contributed by atoms with E-state index in [9.17, 15) is 0 Å². The van der Waals surface area contributed by atoms with Gasteiger partial charge in [0.1, 0.15) is 11.0 Å². The molecule has 1 aliphatic heterocycles. The Hall–Kier alpha value is -1.40. The fourth-order valence-electron chi connectivity index (χ4n) is 1.90. The van der Waals surface area contributed by atoms with Gasteiger partial charge in [0.25, 0.3) is 0 Å². The van der Waals surface area contributed by atoms with E-state index in [1.807, 2.05) is 11.6 Å². The summed E-state index contributed by atoms with van der Waals surface area (Å²) in [6.45, 7) is 1.53. The minimum Gasteiger partial charge on any atom is -0.370 e. The van der Waals surface area contributed by atoms with E-state index >= 15 is 0 Å². The van der Waals surface area contributed by atoms with Crippen LogP contribution in [0.5, 0.6) is 0 Å². The summed E-state index contributed by atoms with van der Waals surface area (Å²) in [6.07, 6.45) is 1.83. The molecule has 3 heterocycles. The Labute approximate surface area is 107 Å². The maximum absolute atomic E-state index is 5.95. The standard InChI is InChI=1S/C11H12N4S2/c12-11-14-6-9(10-13-3-5-17-10)15(11)7-8-2-1-4-16-8/h1-5,9H,6-7H2,(H2,12,14). The Balaban J connectivity index is 1.82. The smallest absolute Gasteiger partial charge is 0.192 e. The molecular weight excluding hydrogens is 252 g/mol. The van der Waals surface area contributed by atoms with Crippen molar-refractivity contribution in [1.29, 1.82) is 0 Å². The van der Waals surface area contributed by atoms with Gasteiger partial charge in [0.15, 0.2) is 5.96 Å². The van der Waals surface area contributed by atoms with Crippen LogP contribution in [-0.4, -0.2) is 22.4 Å². The molecule has 6 heteroatoms. The maximum atomic E-state index is 5.95. The second-order valence-electron chi connectivity index (χ2n) is 3.79. The molecular formula is C11H12N4S2. The zero-order chi connectivity index (χ0) is 11.7. The predicted octanol–water partition coefficient (Wildman–Crippen LogP) is 2.08. The molecule has 2 N–H and O–H groups in total. The van der Waals surface area contributed by atoms with Crippen molar-refractivity contribution in [2.75, 3.05) is 6.54 Å². The minimum atomic E-state index is 0.206. The van der Waals surface area contributed by atoms with Crippen LogP contribution in [0.25, 0.3) is 0 Å². The van der Waals surface area contributed by atoms with E-state index in [-0.39, 0.29) is 6.04 Å². The largest absolute Gasteiger partial charge is 0.370 e. The molecule has 0 spiro atoms. The lowest BCUT2D eigenvalue weighted by atomic mass is 10.3. The van der Waals surface area contributed by atoms with Crippen LogP contribution >= 0.6 is 22.7 Å². The van der Waals surface area contributed by atoms with Crippen LogP contribution in [0.2, 0.25) is 0 Å². The number of guanidine groups is 1. The van der Waals surface area contributed by atoms with Crippen molar-refractivity contribution in [1.82, 2.24) is 9.88 Å². The molecule has 0 fully saturated rings. The average molecular weight is 264 g/mol. The van der Waals surface area contributed by atoms with E-state index in [1.165, 1.54) is 4.88 Å². The highest BCUT2D eigenvalue weighted by molar-refractivity contribution is 7.10. The van der Waals surface area contributed by atoms with E-state index < -0.39 is 0 Å². The lowest BCUT2D eigenvalue weighted by Crippen LogP contribution is -2.35. The summed E-state index contributed by atoms with van der Waals surface area (Å²) < 4.78 is 0. The summed E-state index contributed by atoms with van der Waals surface area (Å²) >= 11 is 3.40. The molecule has 17 heavy (non-hydrogen) atoms. The van der Waals surface area contributed by atoms with E-state index in [1.54, 1.807) is 22.7 Å². The minimum absolute atomic E-state index is 0.206. The summed E-state index contributed by atoms with van der Waals surface area (Å²) in [5.41, 5.74) is 5.95. The van der Waals surface area contributed by atoms with Crippen molar-refractivity contribution in [2.45, 2.75) is 12.6 Å². The molecule has 0 saturated carbocycles. The Morgan fingerprint density at radius 1 is 1.41 bits per heavy atom. The molecule has 88 valence electrons. The summed E-state index contributed by atoms with van der Waals surface area (Å²) in [5.74, 6) is 0.624. The molecule has 0 bridgehead atoms. The first kappa shape index (κ1) is 10.7. The lowest BCUT2D eigenvalue weighted by Gasteiger charge is -2.23. The van der Waals surface area contributed by atoms with Crippen LogP contribution in [0.4, 0.5) is 0 Å². The molecule has 2 aromatic heterocycles. The van der Waals surface area contributed by atoms with Crippen LogP contribution in [0.1, 0.15) is 15.9 Å². The first-order valence-electron chi connectivity index (χ1n) is 5.33. The van der Waals surface area contributed by atoms with E-state index in [0.717, 1.165) is 11.6 Å². The number of thiazole rings is 1. The fourth-order valence-corrected chi connectivity index (χ4v) is 3.35. The highest BCUT2D eigenvalue weighted by Gasteiger charge is 2.29. The molecule has 1 atom stereocenters. The lowest BCUT2D eigenvalue weighted by molar-refractivity contribution is 0.342. The summed E-state index contributed by atoms with van der Waals surface area (Å²) in [5, 5.41) is 5.16. The van der Waals surface area contributed by atoms with Gasteiger partial charge in [-0.25, -0.2) is 4.98 Å². The van der Waals surface area contributed by atoms with Crippen molar-refractivity contribution in [3.05, 3.63) is 39.0 Å². The molecule has 0 aliphatic carbocycles. The molecule has 2 aromatic rings. The molecule has 4 nitrogen and oxygen atoms in total. The van der Waals surface area contributed by atoms with Crippen molar-refractivity contribution in [3.63, 3.8) is 0 Å². The number of nitrogens with zero attached hydrogens (tertiary/aromatic N) is 3. The van der Waals surface area contributed by atoms with Gasteiger partial charge < -0.3 is 10.6 Å². The Kier molecular flexibility index (Phi) is 2.82. The van der Waals surface area contributed by atoms with E-state index in [2.05, 4.69) is 32.4 Å². The summed E-state index contributed by atoms with van der Waals surface area (Å²) in [4.78, 5) is 12.1. The SMILES string of the molecule is NC1=NCC(c2nccs2)N1Cc1cccs1. The van der Waals surface area contributed by atoms with Crippen LogP contribution in [0, 0.1) is 0 Å². The number of rotatable bonds is 3. The van der Waals surface area contributed by atoms with Gasteiger partial charge in [-0.1, -0.05) is 6.07 Å². The topological polar surface area (TPSA) is 54.5 Å². The maximum Gasteiger partial charge on any atom is 0.192 e. The molecule has 3 rings (SSSR count). The van der Waals surface area contributed by atoms with E-state index in [4.69, 9.17) is 5.73 Å². The van der Waals surface area contributed by atoms with Gasteiger partial charge >= 0.3 is 0 Å². The predicted molar refractivity (Wildman–Crippen MR) is 71.2 cm³/mol. The number of thiophene rings is 1. The third-order valence-corrected chi connectivity index (χ3v) is 4.48. The molecule has 0 saturated heterocycles. The van der Waals surface area contributed by atoms with Gasteiger partial charge in [-0.3, -0.25) is 4.99 Å². The van der Waals surface area contributed by atoms with Gasteiger partial charge in [-0.05, 0) is 11.4 Å². The quantitative estimate of drug-likeness (QED) is 0.923. The second-order valence-corrected chi connectivity index (χ2v) is 5.75. The zero-order valence-corrected chi connectivity index (χ0v) is 10.7. The third kappa shape index (κ3) is 2.05. The summed E-state index contributed by atoms with van der Waals surface area (Å²) in [7, 11) is 0. The highest BCUT2D eigenvalue weighted by Crippen LogP contribution is 2.29. The van der Waals surface area contributed by atoms with Crippen molar-refractivity contribution in [2.24, 2.45) is 10.7 Å². The number of aliphatic imine (C=N–C) groups is 1. The Morgan fingerprint density at radius 3 is 3.06 bits per heavy atom. The zero-order valence-electron chi connectivity index (χ0n) is 9.11. The summed E-state index contributed by atoms with van der Waals surface area (Å²) in [6, 6.07) is 4.38. The van der Waals surface area contributed by atoms with Crippen LogP contribution in [0.15, 0.2) is 34.1 Å². The van der Waals surface area contributed by atoms with Gasteiger partial charge in [-0.2, -0.15) is 0 Å². The van der Waals surface area contributed by atoms with Gasteiger partial charge in [0, 0.05) is 16.5 Å². The molecule has 0 radical (unpaired) electrons. The average Bonchev–Trinajstić information content (AvgIpc) is 3.03. The second kappa shape index (κ2) is 4.46. The number of nitrogens with two attached hydrogens (primary N) is 1. The van der Waals surface area contributed by atoms with Crippen LogP contribution < -0.4 is 5.73 Å². The number of hydrogen-bond acceptors (Lipinski definition) is 6. The molecule has 1 aliphatic rings. The van der Waals surface area contributed by atoms with Crippen LogP contribution in [-0.2, 0) is 6.54 Å². The van der Waals surface area contributed by atoms with Gasteiger partial charge in [0.2, 0.25) is 0 Å². The van der Waals surface area contributed by atoms with Gasteiger partial charge in [-0.15, -0.1) is 22.7 Å². The first-order chi connectivity index (χ1) is 8.34. The Morgan fingerprint density at radius 2 is 2.35 bits per heavy atom.